The maximum absolute atomic E-state index is 12.1. The molecule has 108 valence electrons. The monoisotopic (exact) mass is 280 g/mol. The lowest BCUT2D eigenvalue weighted by Gasteiger charge is -2.17. The first-order valence-electron chi connectivity index (χ1n) is 6.02. The number of nitrogens with zero attached hydrogens (tertiary/aromatic N) is 1. The molecule has 20 heavy (non-hydrogen) atoms. The van der Waals surface area contributed by atoms with Gasteiger partial charge in [0.25, 0.3) is 11.6 Å². The van der Waals surface area contributed by atoms with Crippen molar-refractivity contribution >= 4 is 17.6 Å². The van der Waals surface area contributed by atoms with Crippen molar-refractivity contribution in [3.63, 3.8) is 0 Å². The number of nitrogens with one attached hydrogen (secondary N) is 1. The van der Waals surface area contributed by atoms with Gasteiger partial charge in [-0.15, -0.1) is 0 Å². The number of carboxylic acids is 1. The fraction of sp³-hybridized carbons (Fsp3) is 0.385. The minimum absolute atomic E-state index is 0.0700. The first-order valence-corrected chi connectivity index (χ1v) is 6.02. The molecule has 7 nitrogen and oxygen atoms in total. The number of carbonyl (C=O) groups is 2. The molecule has 1 amide bonds. The van der Waals surface area contributed by atoms with Crippen molar-refractivity contribution in [2.45, 2.75) is 26.8 Å². The fourth-order valence-electron chi connectivity index (χ4n) is 1.61. The average Bonchev–Trinajstić information content (AvgIpc) is 2.36. The molecule has 0 radical (unpaired) electrons. The van der Waals surface area contributed by atoms with Crippen LogP contribution in [0, 0.1) is 23.0 Å². The summed E-state index contributed by atoms with van der Waals surface area (Å²) in [7, 11) is 0. The van der Waals surface area contributed by atoms with Gasteiger partial charge in [-0.25, -0.2) is 0 Å². The van der Waals surface area contributed by atoms with Gasteiger partial charge in [0.1, 0.15) is 5.56 Å². The summed E-state index contributed by atoms with van der Waals surface area (Å²) in [5.74, 6) is -2.49. The molecule has 0 fully saturated rings. The van der Waals surface area contributed by atoms with E-state index in [9.17, 15) is 19.7 Å². The fourth-order valence-corrected chi connectivity index (χ4v) is 1.61. The zero-order valence-corrected chi connectivity index (χ0v) is 11.4. The van der Waals surface area contributed by atoms with E-state index in [2.05, 4.69) is 5.32 Å². The SMILES string of the molecule is Cc1ccc([N+](=O)[O-])c(C(=O)NC(C)C(C)C(=O)O)c1. The van der Waals surface area contributed by atoms with Crippen molar-refractivity contribution in [2.24, 2.45) is 5.92 Å². The van der Waals surface area contributed by atoms with Crippen molar-refractivity contribution < 1.29 is 19.6 Å². The number of hydrogen-bond donors (Lipinski definition) is 2. The molecule has 2 N–H and O–H groups in total. The Hall–Kier alpha value is -2.44. The van der Waals surface area contributed by atoms with Crippen molar-refractivity contribution in [1.29, 1.82) is 0 Å². The molecular weight excluding hydrogens is 264 g/mol. The van der Waals surface area contributed by atoms with Crippen LogP contribution >= 0.6 is 0 Å². The highest BCUT2D eigenvalue weighted by atomic mass is 16.6. The number of nitro benzene ring substituents is 1. The van der Waals surface area contributed by atoms with Crippen LogP contribution in [0.25, 0.3) is 0 Å². The summed E-state index contributed by atoms with van der Waals surface area (Å²) < 4.78 is 0. The molecule has 7 heteroatoms. The van der Waals surface area contributed by atoms with Crippen LogP contribution in [0.2, 0.25) is 0 Å². The third-order valence-corrected chi connectivity index (χ3v) is 3.09. The van der Waals surface area contributed by atoms with E-state index in [1.165, 1.54) is 32.0 Å². The van der Waals surface area contributed by atoms with E-state index in [0.29, 0.717) is 5.56 Å². The first kappa shape index (κ1) is 15.6. The summed E-state index contributed by atoms with van der Waals surface area (Å²) in [6.07, 6.45) is 0. The van der Waals surface area contributed by atoms with E-state index in [-0.39, 0.29) is 11.3 Å². The van der Waals surface area contributed by atoms with Crippen LogP contribution in [0.15, 0.2) is 18.2 Å². The van der Waals surface area contributed by atoms with Gasteiger partial charge >= 0.3 is 5.97 Å². The molecule has 0 aromatic heterocycles. The highest BCUT2D eigenvalue weighted by Gasteiger charge is 2.25. The smallest absolute Gasteiger partial charge is 0.308 e. The molecule has 1 rings (SSSR count). The molecular formula is C13H16N2O5. The lowest BCUT2D eigenvalue weighted by atomic mass is 10.0. The molecule has 0 aliphatic rings. The second-order valence-electron chi connectivity index (χ2n) is 4.67. The minimum atomic E-state index is -1.04. The molecule has 0 saturated heterocycles. The van der Waals surface area contributed by atoms with Crippen LogP contribution in [0.5, 0.6) is 0 Å². The van der Waals surface area contributed by atoms with Crippen LogP contribution in [0.1, 0.15) is 29.8 Å². The Morgan fingerprint density at radius 2 is 1.95 bits per heavy atom. The molecule has 1 aromatic rings. The molecule has 0 bridgehead atoms. The summed E-state index contributed by atoms with van der Waals surface area (Å²) in [6.45, 7) is 4.71. The van der Waals surface area contributed by atoms with E-state index in [0.717, 1.165) is 0 Å². The quantitative estimate of drug-likeness (QED) is 0.630. The number of carboxylic acid groups (broad SMARTS) is 1. The topological polar surface area (TPSA) is 110 Å². The van der Waals surface area contributed by atoms with Crippen LogP contribution < -0.4 is 5.32 Å². The maximum Gasteiger partial charge on any atom is 0.308 e. The van der Waals surface area contributed by atoms with Gasteiger partial charge in [-0.1, -0.05) is 6.07 Å². The number of rotatable bonds is 5. The van der Waals surface area contributed by atoms with Crippen molar-refractivity contribution in [1.82, 2.24) is 5.32 Å². The molecule has 0 saturated carbocycles. The van der Waals surface area contributed by atoms with E-state index >= 15 is 0 Å². The van der Waals surface area contributed by atoms with Crippen LogP contribution in [0.4, 0.5) is 5.69 Å². The first-order chi connectivity index (χ1) is 9.23. The molecule has 2 unspecified atom stereocenters. The zero-order valence-electron chi connectivity index (χ0n) is 11.4. The standard InChI is InChI=1S/C13H16N2O5/c1-7-4-5-11(15(19)20)10(6-7)12(16)14-9(3)8(2)13(17)18/h4-6,8-9H,1-3H3,(H,14,16)(H,17,18). The second kappa shape index (κ2) is 6.14. The average molecular weight is 280 g/mol. The third kappa shape index (κ3) is 3.53. The molecule has 0 spiro atoms. The van der Waals surface area contributed by atoms with Gasteiger partial charge in [-0.2, -0.15) is 0 Å². The summed E-state index contributed by atoms with van der Waals surface area (Å²) in [4.78, 5) is 33.1. The predicted molar refractivity (Wildman–Crippen MR) is 71.6 cm³/mol. The Balaban J connectivity index is 3.00. The molecule has 0 aliphatic heterocycles. The third-order valence-electron chi connectivity index (χ3n) is 3.09. The Labute approximate surface area is 115 Å². The highest BCUT2D eigenvalue weighted by molar-refractivity contribution is 5.98. The van der Waals surface area contributed by atoms with Crippen LogP contribution in [0.3, 0.4) is 0 Å². The number of hydrogen-bond acceptors (Lipinski definition) is 4. The van der Waals surface area contributed by atoms with Gasteiger partial charge in [0.2, 0.25) is 0 Å². The Morgan fingerprint density at radius 1 is 1.35 bits per heavy atom. The van der Waals surface area contributed by atoms with Crippen molar-refractivity contribution in [3.8, 4) is 0 Å². The number of aryl methyl sites for hydroxylation is 1. The van der Waals surface area contributed by atoms with Crippen LogP contribution in [-0.4, -0.2) is 27.9 Å². The van der Waals surface area contributed by atoms with E-state index < -0.39 is 28.8 Å². The predicted octanol–water partition coefficient (Wildman–Crippen LogP) is 1.74. The molecule has 2 atom stereocenters. The Morgan fingerprint density at radius 3 is 2.45 bits per heavy atom. The summed E-state index contributed by atoms with van der Waals surface area (Å²) >= 11 is 0. The van der Waals surface area contributed by atoms with Crippen molar-refractivity contribution in [2.75, 3.05) is 0 Å². The highest BCUT2D eigenvalue weighted by Crippen LogP contribution is 2.20. The minimum Gasteiger partial charge on any atom is -0.481 e. The summed E-state index contributed by atoms with van der Waals surface area (Å²) in [5, 5.41) is 22.2. The van der Waals surface area contributed by atoms with Gasteiger partial charge < -0.3 is 10.4 Å². The largest absolute Gasteiger partial charge is 0.481 e. The summed E-state index contributed by atoms with van der Waals surface area (Å²) in [6, 6.07) is 3.57. The number of carbonyl (C=O) groups excluding carboxylic acids is 1. The number of nitro groups is 1. The van der Waals surface area contributed by atoms with Gasteiger partial charge in [0, 0.05) is 12.1 Å². The van der Waals surface area contributed by atoms with E-state index in [1.807, 2.05) is 0 Å². The van der Waals surface area contributed by atoms with Gasteiger partial charge in [0.05, 0.1) is 10.8 Å². The Bertz CT molecular complexity index is 556. The van der Waals surface area contributed by atoms with Gasteiger partial charge in [0.15, 0.2) is 0 Å². The second-order valence-corrected chi connectivity index (χ2v) is 4.67. The van der Waals surface area contributed by atoms with Crippen molar-refractivity contribution in [3.05, 3.63) is 39.4 Å². The van der Waals surface area contributed by atoms with Gasteiger partial charge in [-0.3, -0.25) is 19.7 Å². The molecule has 0 heterocycles. The Kier molecular flexibility index (Phi) is 4.79. The van der Waals surface area contributed by atoms with Gasteiger partial charge in [-0.05, 0) is 32.4 Å². The normalized spacial score (nSPS) is 13.3. The van der Waals surface area contributed by atoms with E-state index in [4.69, 9.17) is 5.11 Å². The molecule has 1 aromatic carbocycles. The summed E-state index contributed by atoms with van der Waals surface area (Å²) in [5.41, 5.74) is 0.336. The number of aliphatic carboxylic acids is 1. The lowest BCUT2D eigenvalue weighted by Crippen LogP contribution is -2.40. The van der Waals surface area contributed by atoms with E-state index in [1.54, 1.807) is 6.92 Å². The number of amides is 1. The maximum atomic E-state index is 12.1. The number of benzene rings is 1. The molecule has 0 aliphatic carbocycles. The van der Waals surface area contributed by atoms with Crippen LogP contribution in [-0.2, 0) is 4.79 Å². The zero-order chi connectivity index (χ0) is 15.4. The lowest BCUT2D eigenvalue weighted by molar-refractivity contribution is -0.385.